The molecule has 4 aromatic rings. The van der Waals surface area contributed by atoms with E-state index in [0.29, 0.717) is 37.4 Å². The highest BCUT2D eigenvalue weighted by Crippen LogP contribution is 2.39. The third-order valence-corrected chi connectivity index (χ3v) is 8.32. The van der Waals surface area contributed by atoms with Gasteiger partial charge in [0.25, 0.3) is 0 Å². The van der Waals surface area contributed by atoms with Crippen LogP contribution in [-0.4, -0.2) is 60.5 Å². The standard InChI is InChI=1S/C28H34F2N6O4Si/c1-28(15-39-16-28)14-32-27(37)34-18-11-20(29)25(21(30)12-18)40-23-6-7-31-26-24(23)19(22-5-8-33-35(22)2)13-36(26)17-38-9-10-41(3)4/h5-8,11-13,41H,9-10,14-17H2,1-4H3,(H2,32,34,37). The van der Waals surface area contributed by atoms with Crippen LogP contribution in [0.1, 0.15) is 6.92 Å². The van der Waals surface area contributed by atoms with Crippen LogP contribution in [0.3, 0.4) is 0 Å². The second-order valence-corrected chi connectivity index (χ2v) is 14.4. The summed E-state index contributed by atoms with van der Waals surface area (Å²) in [6.45, 7) is 8.89. The molecule has 1 aromatic carbocycles. The summed E-state index contributed by atoms with van der Waals surface area (Å²) in [5.74, 6) is -2.31. The number of aryl methyl sites for hydroxylation is 1. The number of pyridine rings is 1. The number of fused-ring (bicyclic) bond motifs is 1. The van der Waals surface area contributed by atoms with Gasteiger partial charge in [0.05, 0.1) is 24.3 Å². The van der Waals surface area contributed by atoms with Gasteiger partial charge in [0.1, 0.15) is 18.1 Å². The fraction of sp³-hybridized carbons (Fsp3) is 0.393. The molecule has 0 saturated carbocycles. The zero-order valence-corrected chi connectivity index (χ0v) is 24.7. The van der Waals surface area contributed by atoms with E-state index < -0.39 is 32.2 Å². The van der Waals surface area contributed by atoms with Gasteiger partial charge in [-0.3, -0.25) is 4.68 Å². The number of ether oxygens (including phenoxy) is 3. The number of carbonyl (C=O) groups excluding carboxylic acids is 1. The Bertz CT molecular complexity index is 1530. The van der Waals surface area contributed by atoms with Gasteiger partial charge in [-0.15, -0.1) is 0 Å². The van der Waals surface area contributed by atoms with Gasteiger partial charge in [-0.1, -0.05) is 20.0 Å². The molecule has 3 aromatic heterocycles. The van der Waals surface area contributed by atoms with Gasteiger partial charge < -0.3 is 29.4 Å². The quantitative estimate of drug-likeness (QED) is 0.187. The summed E-state index contributed by atoms with van der Waals surface area (Å²) in [5, 5.41) is 10.0. The van der Waals surface area contributed by atoms with E-state index in [2.05, 4.69) is 33.8 Å². The highest BCUT2D eigenvalue weighted by Gasteiger charge is 2.33. The van der Waals surface area contributed by atoms with Crippen LogP contribution in [-0.2, 0) is 23.3 Å². The van der Waals surface area contributed by atoms with Crippen molar-refractivity contribution in [3.63, 3.8) is 0 Å². The SMILES string of the molecule is Cn1nccc1-c1cn(COCC[SiH](C)C)c2nccc(Oc3c(F)cc(NC(=O)NCC4(C)COC4)cc3F)c12. The molecule has 0 spiro atoms. The van der Waals surface area contributed by atoms with Crippen molar-refractivity contribution >= 4 is 31.5 Å². The number of hydrogen-bond acceptors (Lipinski definition) is 6. The predicted molar refractivity (Wildman–Crippen MR) is 154 cm³/mol. The first-order chi connectivity index (χ1) is 19.6. The largest absolute Gasteiger partial charge is 0.450 e. The molecule has 218 valence electrons. The number of rotatable bonds is 11. The zero-order valence-electron chi connectivity index (χ0n) is 23.5. The molecule has 4 heterocycles. The maximum Gasteiger partial charge on any atom is 0.319 e. The van der Waals surface area contributed by atoms with Crippen molar-refractivity contribution in [3.05, 3.63) is 54.5 Å². The fourth-order valence-electron chi connectivity index (χ4n) is 4.54. The summed E-state index contributed by atoms with van der Waals surface area (Å²) in [7, 11) is 1.05. The Morgan fingerprint density at radius 2 is 1.95 bits per heavy atom. The van der Waals surface area contributed by atoms with E-state index in [1.54, 1.807) is 24.0 Å². The van der Waals surface area contributed by atoms with Crippen LogP contribution in [0.5, 0.6) is 11.5 Å². The second-order valence-electron chi connectivity index (χ2n) is 11.1. The molecule has 10 nitrogen and oxygen atoms in total. The third-order valence-electron chi connectivity index (χ3n) is 6.93. The number of carbonyl (C=O) groups is 1. The van der Waals surface area contributed by atoms with E-state index in [1.807, 2.05) is 23.8 Å². The van der Waals surface area contributed by atoms with Crippen LogP contribution in [0.2, 0.25) is 19.1 Å². The Morgan fingerprint density at radius 1 is 1.20 bits per heavy atom. The van der Waals surface area contributed by atoms with Crippen molar-refractivity contribution in [1.29, 1.82) is 0 Å². The predicted octanol–water partition coefficient (Wildman–Crippen LogP) is 5.13. The topological polar surface area (TPSA) is 104 Å². The van der Waals surface area contributed by atoms with E-state index in [1.165, 1.54) is 6.20 Å². The molecule has 0 atom stereocenters. The first-order valence-electron chi connectivity index (χ1n) is 13.5. The monoisotopic (exact) mass is 584 g/mol. The number of anilines is 1. The first kappa shape index (κ1) is 28.7. The van der Waals surface area contributed by atoms with Gasteiger partial charge >= 0.3 is 6.03 Å². The lowest BCUT2D eigenvalue weighted by Crippen LogP contribution is -2.49. The molecule has 1 saturated heterocycles. The van der Waals surface area contributed by atoms with Gasteiger partial charge in [0.2, 0.25) is 0 Å². The van der Waals surface area contributed by atoms with Crippen LogP contribution in [0.4, 0.5) is 19.3 Å². The molecular weight excluding hydrogens is 550 g/mol. The number of amides is 2. The molecule has 1 aliphatic heterocycles. The van der Waals surface area contributed by atoms with Crippen molar-refractivity contribution in [3.8, 4) is 22.8 Å². The Kier molecular flexibility index (Phi) is 8.38. The van der Waals surface area contributed by atoms with Gasteiger partial charge in [-0.2, -0.15) is 5.10 Å². The average molecular weight is 585 g/mol. The number of benzene rings is 1. The lowest BCUT2D eigenvalue weighted by atomic mass is 9.89. The lowest BCUT2D eigenvalue weighted by Gasteiger charge is -2.37. The Morgan fingerprint density at radius 3 is 2.59 bits per heavy atom. The van der Waals surface area contributed by atoms with Crippen molar-refractivity contribution < 1.29 is 27.8 Å². The molecular formula is C28H34F2N6O4Si. The van der Waals surface area contributed by atoms with Crippen LogP contribution < -0.4 is 15.4 Å². The smallest absolute Gasteiger partial charge is 0.319 e. The molecule has 0 radical (unpaired) electrons. The third kappa shape index (κ3) is 6.42. The van der Waals surface area contributed by atoms with E-state index in [-0.39, 0.29) is 23.6 Å². The first-order valence-corrected chi connectivity index (χ1v) is 16.6. The van der Waals surface area contributed by atoms with Gasteiger partial charge in [0, 0.05) is 76.4 Å². The van der Waals surface area contributed by atoms with Crippen molar-refractivity contribution in [2.75, 3.05) is 31.7 Å². The maximum atomic E-state index is 15.2. The maximum absolute atomic E-state index is 15.2. The zero-order chi connectivity index (χ0) is 29.1. The van der Waals surface area contributed by atoms with Crippen molar-refractivity contribution in [2.45, 2.75) is 32.8 Å². The normalized spacial score (nSPS) is 14.3. The average Bonchev–Trinajstić information content (AvgIpc) is 3.49. The summed E-state index contributed by atoms with van der Waals surface area (Å²) in [6.07, 6.45) is 5.06. The van der Waals surface area contributed by atoms with Crippen LogP contribution in [0.15, 0.2) is 42.9 Å². The van der Waals surface area contributed by atoms with Gasteiger partial charge in [-0.05, 0) is 18.2 Å². The fourth-order valence-corrected chi connectivity index (χ4v) is 5.18. The minimum Gasteiger partial charge on any atom is -0.450 e. The number of hydrogen-bond donors (Lipinski definition) is 2. The highest BCUT2D eigenvalue weighted by molar-refractivity contribution is 6.55. The Balaban J connectivity index is 1.41. The molecule has 0 unspecified atom stereocenters. The molecule has 2 N–H and O–H groups in total. The van der Waals surface area contributed by atoms with Crippen molar-refractivity contribution in [2.24, 2.45) is 12.5 Å². The minimum atomic E-state index is -0.965. The Labute approximate surface area is 238 Å². The van der Waals surface area contributed by atoms with Crippen LogP contribution in [0, 0.1) is 17.0 Å². The molecule has 0 aliphatic carbocycles. The summed E-state index contributed by atoms with van der Waals surface area (Å²) < 4.78 is 50.9. The lowest BCUT2D eigenvalue weighted by molar-refractivity contribution is -0.0974. The number of halogens is 2. The van der Waals surface area contributed by atoms with Gasteiger partial charge in [0.15, 0.2) is 17.4 Å². The van der Waals surface area contributed by atoms with E-state index in [4.69, 9.17) is 14.2 Å². The summed E-state index contributed by atoms with van der Waals surface area (Å²) >= 11 is 0. The van der Waals surface area contributed by atoms with E-state index in [0.717, 1.165) is 29.4 Å². The number of nitrogens with one attached hydrogen (secondary N) is 2. The molecule has 1 fully saturated rings. The van der Waals surface area contributed by atoms with E-state index in [9.17, 15) is 4.79 Å². The highest BCUT2D eigenvalue weighted by atomic mass is 28.3. The second kappa shape index (κ2) is 12.0. The van der Waals surface area contributed by atoms with Crippen LogP contribution >= 0.6 is 0 Å². The summed E-state index contributed by atoms with van der Waals surface area (Å²) in [4.78, 5) is 16.8. The van der Waals surface area contributed by atoms with E-state index >= 15 is 8.78 Å². The van der Waals surface area contributed by atoms with Gasteiger partial charge in [-0.25, -0.2) is 18.6 Å². The van der Waals surface area contributed by atoms with Crippen molar-refractivity contribution in [1.82, 2.24) is 24.6 Å². The number of urea groups is 1. The molecule has 41 heavy (non-hydrogen) atoms. The number of aromatic nitrogens is 4. The Hall–Kier alpha value is -3.81. The molecule has 0 bridgehead atoms. The summed E-state index contributed by atoms with van der Waals surface area (Å²) in [6, 6.07) is 5.91. The molecule has 2 amide bonds. The summed E-state index contributed by atoms with van der Waals surface area (Å²) in [5.41, 5.74) is 1.86. The molecule has 5 rings (SSSR count). The minimum absolute atomic E-state index is 0.0388. The molecule has 13 heteroatoms. The number of nitrogens with zero attached hydrogens (tertiary/aromatic N) is 4. The van der Waals surface area contributed by atoms with Crippen LogP contribution in [0.25, 0.3) is 22.3 Å². The molecule has 1 aliphatic rings.